The van der Waals surface area contributed by atoms with Crippen LogP contribution in [-0.2, 0) is 16.6 Å². The molecule has 30 heavy (non-hydrogen) atoms. The van der Waals surface area contributed by atoms with Crippen LogP contribution in [0.15, 0.2) is 23.0 Å². The number of aliphatic hydroxyl groups is 1. The van der Waals surface area contributed by atoms with Crippen LogP contribution >= 0.6 is 0 Å². The predicted octanol–water partition coefficient (Wildman–Crippen LogP) is 1.44. The second kappa shape index (κ2) is 7.16. The monoisotopic (exact) mass is 416 g/mol. The van der Waals surface area contributed by atoms with Crippen molar-refractivity contribution in [3.8, 4) is 0 Å². The molecule has 1 aromatic carbocycles. The Hall–Kier alpha value is -2.81. The summed E-state index contributed by atoms with van der Waals surface area (Å²) in [5.41, 5.74) is 1.62. The summed E-state index contributed by atoms with van der Waals surface area (Å²) in [5.74, 6) is -0.266. The van der Waals surface area contributed by atoms with Crippen LogP contribution < -0.4 is 11.0 Å². The molecule has 2 aliphatic rings. The Morgan fingerprint density at radius 2 is 1.90 bits per heavy atom. The van der Waals surface area contributed by atoms with Crippen LogP contribution in [0.1, 0.15) is 51.1 Å². The molecule has 2 aromatic rings. The lowest BCUT2D eigenvalue weighted by Crippen LogP contribution is -2.50. The van der Waals surface area contributed by atoms with Gasteiger partial charge in [-0.15, -0.1) is 0 Å². The van der Waals surface area contributed by atoms with Crippen LogP contribution in [0, 0.1) is 0 Å². The van der Waals surface area contributed by atoms with Crippen LogP contribution in [0.3, 0.4) is 0 Å². The fraction of sp³-hybridized carbons (Fsp3) is 0.571. The highest BCUT2D eigenvalue weighted by atomic mass is 16.6. The molecule has 2 N–H and O–H groups in total. The van der Waals surface area contributed by atoms with E-state index in [-0.39, 0.29) is 23.6 Å². The highest BCUT2D eigenvalue weighted by Gasteiger charge is 2.37. The first-order chi connectivity index (χ1) is 14.1. The van der Waals surface area contributed by atoms with Crippen LogP contribution in [0.25, 0.3) is 11.0 Å². The lowest BCUT2D eigenvalue weighted by Gasteiger charge is -2.40. The zero-order chi connectivity index (χ0) is 21.8. The minimum absolute atomic E-state index is 0.0877. The van der Waals surface area contributed by atoms with Crippen molar-refractivity contribution in [2.75, 3.05) is 13.1 Å². The molecule has 1 aromatic heterocycles. The highest BCUT2D eigenvalue weighted by Crippen LogP contribution is 2.34. The van der Waals surface area contributed by atoms with Gasteiger partial charge in [-0.1, -0.05) is 12.1 Å². The smallest absolute Gasteiger partial charge is 0.410 e. The maximum Gasteiger partial charge on any atom is 0.410 e. The van der Waals surface area contributed by atoms with Gasteiger partial charge in [0.15, 0.2) is 0 Å². The molecule has 9 heteroatoms. The van der Waals surface area contributed by atoms with Gasteiger partial charge in [0.05, 0.1) is 11.0 Å². The Bertz CT molecular complexity index is 1060. The van der Waals surface area contributed by atoms with E-state index in [1.807, 2.05) is 39.0 Å². The van der Waals surface area contributed by atoms with Gasteiger partial charge in [-0.25, -0.2) is 9.59 Å². The number of carbonyl (C=O) groups is 2. The SMILES string of the molecule is Cn1c(=O)n(C2CCC(O)NC2=O)c2cccc(C3CN(C(=O)OC(C)(C)C)C3)c21. The van der Waals surface area contributed by atoms with E-state index < -0.39 is 17.9 Å². The topological polar surface area (TPSA) is 106 Å². The Morgan fingerprint density at radius 1 is 1.20 bits per heavy atom. The molecule has 2 fully saturated rings. The second-order valence-corrected chi connectivity index (χ2v) is 9.13. The highest BCUT2D eigenvalue weighted by molar-refractivity contribution is 5.86. The van der Waals surface area contributed by atoms with E-state index in [9.17, 15) is 19.5 Å². The molecule has 0 radical (unpaired) electrons. The van der Waals surface area contributed by atoms with E-state index in [0.717, 1.165) is 11.1 Å². The number of aryl methyl sites for hydroxylation is 1. The van der Waals surface area contributed by atoms with Crippen molar-refractivity contribution in [1.29, 1.82) is 0 Å². The summed E-state index contributed by atoms with van der Waals surface area (Å²) < 4.78 is 8.51. The molecule has 2 atom stereocenters. The molecule has 2 unspecified atom stereocenters. The zero-order valence-corrected chi connectivity index (χ0v) is 17.7. The van der Waals surface area contributed by atoms with Crippen molar-refractivity contribution in [3.63, 3.8) is 0 Å². The van der Waals surface area contributed by atoms with Gasteiger partial charge in [0, 0.05) is 26.1 Å². The first kappa shape index (κ1) is 20.5. The summed E-state index contributed by atoms with van der Waals surface area (Å²) >= 11 is 0. The van der Waals surface area contributed by atoms with Crippen molar-refractivity contribution < 1.29 is 19.4 Å². The van der Waals surface area contributed by atoms with Gasteiger partial charge in [0.25, 0.3) is 0 Å². The van der Waals surface area contributed by atoms with Crippen molar-refractivity contribution in [3.05, 3.63) is 34.2 Å². The number of amides is 2. The lowest BCUT2D eigenvalue weighted by atomic mass is 9.90. The predicted molar refractivity (Wildman–Crippen MR) is 110 cm³/mol. The minimum Gasteiger partial charge on any atom is -0.444 e. The molecule has 2 amide bonds. The van der Waals surface area contributed by atoms with Gasteiger partial charge in [0.2, 0.25) is 5.91 Å². The number of benzene rings is 1. The fourth-order valence-corrected chi connectivity index (χ4v) is 4.28. The summed E-state index contributed by atoms with van der Waals surface area (Å²) in [4.78, 5) is 39.4. The maximum absolute atomic E-state index is 13.0. The zero-order valence-electron chi connectivity index (χ0n) is 17.7. The van der Waals surface area contributed by atoms with Crippen LogP contribution in [0.5, 0.6) is 0 Å². The number of imidazole rings is 1. The molecule has 0 saturated carbocycles. The van der Waals surface area contributed by atoms with Gasteiger partial charge in [-0.3, -0.25) is 13.9 Å². The first-order valence-electron chi connectivity index (χ1n) is 10.2. The van der Waals surface area contributed by atoms with E-state index in [1.165, 1.54) is 4.57 Å². The summed E-state index contributed by atoms with van der Waals surface area (Å²) in [6.45, 7) is 6.54. The van der Waals surface area contributed by atoms with Gasteiger partial charge >= 0.3 is 11.8 Å². The summed E-state index contributed by atoms with van der Waals surface area (Å²) in [5, 5.41) is 12.2. The molecule has 4 rings (SSSR count). The number of rotatable bonds is 2. The normalized spacial score (nSPS) is 22.7. The minimum atomic E-state index is -0.871. The first-order valence-corrected chi connectivity index (χ1v) is 10.2. The van der Waals surface area contributed by atoms with E-state index in [2.05, 4.69) is 5.32 Å². The molecule has 0 aliphatic carbocycles. The number of hydrogen-bond donors (Lipinski definition) is 2. The average Bonchev–Trinajstić information content (AvgIpc) is 2.84. The molecule has 0 spiro atoms. The average molecular weight is 416 g/mol. The third-order valence-corrected chi connectivity index (χ3v) is 5.74. The molecule has 162 valence electrons. The number of hydrogen-bond acceptors (Lipinski definition) is 5. The Labute approximate surface area is 174 Å². The maximum atomic E-state index is 13.0. The number of piperidine rings is 1. The van der Waals surface area contributed by atoms with E-state index in [1.54, 1.807) is 16.5 Å². The van der Waals surface area contributed by atoms with Gasteiger partial charge in [0.1, 0.15) is 17.9 Å². The Kier molecular flexibility index (Phi) is 4.88. The van der Waals surface area contributed by atoms with Crippen molar-refractivity contribution >= 4 is 23.0 Å². The van der Waals surface area contributed by atoms with Crippen LogP contribution in [-0.4, -0.2) is 56.1 Å². The largest absolute Gasteiger partial charge is 0.444 e. The number of nitrogens with zero attached hydrogens (tertiary/aromatic N) is 3. The number of nitrogens with one attached hydrogen (secondary N) is 1. The lowest BCUT2D eigenvalue weighted by molar-refractivity contribution is -0.130. The second-order valence-electron chi connectivity index (χ2n) is 9.13. The summed E-state index contributed by atoms with van der Waals surface area (Å²) in [6, 6.07) is 5.02. The van der Waals surface area contributed by atoms with Crippen LogP contribution in [0.2, 0.25) is 0 Å². The third-order valence-electron chi connectivity index (χ3n) is 5.74. The standard InChI is InChI=1S/C21H28N4O5/c1-21(2,3)30-20(29)24-10-12(11-24)13-6-5-7-14-17(13)23(4)19(28)25(14)15-8-9-16(26)22-18(15)27/h5-7,12,15-16,26H,8-11H2,1-4H3,(H,22,27). The molecule has 2 aliphatic heterocycles. The van der Waals surface area contributed by atoms with Crippen molar-refractivity contribution in [2.45, 2.75) is 57.4 Å². The number of likely N-dealkylation sites (tertiary alicyclic amines) is 1. The molecular formula is C21H28N4O5. The van der Waals surface area contributed by atoms with E-state index in [0.29, 0.717) is 31.4 Å². The third kappa shape index (κ3) is 3.47. The number of carbonyl (C=O) groups excluding carboxylic acids is 2. The number of para-hydroxylation sites is 1. The molecular weight excluding hydrogens is 388 g/mol. The Balaban J connectivity index is 1.64. The molecule has 9 nitrogen and oxygen atoms in total. The Morgan fingerprint density at radius 3 is 2.53 bits per heavy atom. The van der Waals surface area contributed by atoms with Crippen LogP contribution in [0.4, 0.5) is 4.79 Å². The van der Waals surface area contributed by atoms with Gasteiger partial charge in [-0.05, 0) is 45.2 Å². The van der Waals surface area contributed by atoms with Crippen molar-refractivity contribution in [1.82, 2.24) is 19.4 Å². The number of aliphatic hydroxyl groups excluding tert-OH is 1. The number of aromatic nitrogens is 2. The number of fused-ring (bicyclic) bond motifs is 1. The molecule has 3 heterocycles. The van der Waals surface area contributed by atoms with E-state index >= 15 is 0 Å². The molecule has 2 saturated heterocycles. The van der Waals surface area contributed by atoms with Gasteiger partial charge < -0.3 is 20.1 Å². The summed E-state index contributed by atoms with van der Waals surface area (Å²) in [6.07, 6.45) is -0.419. The van der Waals surface area contributed by atoms with Gasteiger partial charge in [-0.2, -0.15) is 0 Å². The van der Waals surface area contributed by atoms with Crippen molar-refractivity contribution in [2.24, 2.45) is 7.05 Å². The quantitative estimate of drug-likeness (QED) is 0.771. The summed E-state index contributed by atoms with van der Waals surface area (Å²) in [7, 11) is 1.70. The fourth-order valence-electron chi connectivity index (χ4n) is 4.28. The molecule has 0 bridgehead atoms. The number of ether oxygens (including phenoxy) is 1. The van der Waals surface area contributed by atoms with E-state index in [4.69, 9.17) is 4.74 Å².